The van der Waals surface area contributed by atoms with Crippen LogP contribution in [0, 0.1) is 18.6 Å². The Labute approximate surface area is 250 Å². The van der Waals surface area contributed by atoms with E-state index < -0.39 is 11.6 Å². The van der Waals surface area contributed by atoms with Crippen molar-refractivity contribution in [2.24, 2.45) is 0 Å². The van der Waals surface area contributed by atoms with Crippen molar-refractivity contribution in [3.63, 3.8) is 0 Å². The minimum absolute atomic E-state index is 0.00904. The molecule has 0 fully saturated rings. The topological polar surface area (TPSA) is 111 Å². The first-order chi connectivity index (χ1) is 20.7. The van der Waals surface area contributed by atoms with E-state index in [0.29, 0.717) is 42.0 Å². The maximum Gasteiger partial charge on any atom is 0.305 e. The zero-order valence-electron chi connectivity index (χ0n) is 25.0. The number of anilines is 2. The number of aryl methyl sites for hydroxylation is 1. The van der Waals surface area contributed by atoms with Crippen LogP contribution in [-0.2, 0) is 20.9 Å². The Hall–Kier alpha value is -4.41. The Balaban J connectivity index is 1.31. The fourth-order valence-corrected chi connectivity index (χ4v) is 5.00. The minimum Gasteiger partial charge on any atom is -0.469 e. The van der Waals surface area contributed by atoms with Gasteiger partial charge in [0.1, 0.15) is 17.0 Å². The number of esters is 1. The predicted molar refractivity (Wildman–Crippen MR) is 162 cm³/mol. The average molecular weight is 593 g/mol. The lowest BCUT2D eigenvalue weighted by atomic mass is 10.1. The molecule has 4 aromatic rings. The molecule has 9 nitrogen and oxygen atoms in total. The first kappa shape index (κ1) is 31.5. The summed E-state index contributed by atoms with van der Waals surface area (Å²) in [6.45, 7) is 6.17. The molecule has 228 valence electrons. The van der Waals surface area contributed by atoms with Crippen LogP contribution in [0.5, 0.6) is 0 Å². The molecule has 0 aliphatic heterocycles. The summed E-state index contributed by atoms with van der Waals surface area (Å²) in [6.07, 6.45) is 6.42. The van der Waals surface area contributed by atoms with Crippen molar-refractivity contribution >= 4 is 34.5 Å². The van der Waals surface area contributed by atoms with Crippen molar-refractivity contribution < 1.29 is 23.1 Å². The van der Waals surface area contributed by atoms with Gasteiger partial charge < -0.3 is 19.9 Å². The van der Waals surface area contributed by atoms with Crippen LogP contribution in [-0.4, -0.2) is 38.5 Å². The fraction of sp³-hybridized carbons (Fsp3) is 0.406. The number of carbonyl (C=O) groups is 2. The molecule has 2 N–H and O–H groups in total. The van der Waals surface area contributed by atoms with Gasteiger partial charge in [0.15, 0.2) is 11.6 Å². The van der Waals surface area contributed by atoms with Gasteiger partial charge in [-0.15, -0.1) is 0 Å². The number of carbonyl (C=O) groups excluding carboxylic acids is 2. The highest BCUT2D eigenvalue weighted by Gasteiger charge is 2.18. The lowest BCUT2D eigenvalue weighted by Crippen LogP contribution is -2.22. The molecule has 0 saturated carbocycles. The first-order valence-electron chi connectivity index (χ1n) is 14.6. The summed E-state index contributed by atoms with van der Waals surface area (Å²) in [5, 5.41) is 5.99. The van der Waals surface area contributed by atoms with Gasteiger partial charge in [0.2, 0.25) is 11.9 Å². The van der Waals surface area contributed by atoms with Crippen LogP contribution in [0.3, 0.4) is 0 Å². The van der Waals surface area contributed by atoms with Gasteiger partial charge in [0.25, 0.3) is 0 Å². The van der Waals surface area contributed by atoms with E-state index in [9.17, 15) is 18.4 Å². The Morgan fingerprint density at radius 3 is 2.35 bits per heavy atom. The normalized spacial score (nSPS) is 11.2. The molecule has 0 spiro atoms. The molecule has 43 heavy (non-hydrogen) atoms. The van der Waals surface area contributed by atoms with Crippen molar-refractivity contribution in [1.29, 1.82) is 0 Å². The Bertz CT molecular complexity index is 1570. The minimum atomic E-state index is -0.665. The number of benzene rings is 2. The molecule has 4 rings (SSSR count). The third-order valence-electron chi connectivity index (χ3n) is 7.17. The average Bonchev–Trinajstić information content (AvgIpc) is 3.33. The van der Waals surface area contributed by atoms with E-state index in [-0.39, 0.29) is 35.1 Å². The molecule has 11 heteroatoms. The Morgan fingerprint density at radius 2 is 1.65 bits per heavy atom. The highest BCUT2D eigenvalue weighted by atomic mass is 19.1. The number of methoxy groups -OCH3 is 1. The summed E-state index contributed by atoms with van der Waals surface area (Å²) in [4.78, 5) is 36.1. The zero-order chi connectivity index (χ0) is 30.9. The van der Waals surface area contributed by atoms with Crippen LogP contribution in [0.25, 0.3) is 22.3 Å². The molecule has 0 unspecified atom stereocenters. The SMILES string of the molecule is COC(=O)CCCCCCCC(=O)NCc1ccc(Nc2ncc(F)c(-c3cc(F)c4nc(C)n(C(C)C)c4c3)n2)cc1. The van der Waals surface area contributed by atoms with Crippen LogP contribution in [0.4, 0.5) is 20.4 Å². The quantitative estimate of drug-likeness (QED) is 0.121. The second-order valence-corrected chi connectivity index (χ2v) is 10.8. The van der Waals surface area contributed by atoms with Crippen LogP contribution in [0.1, 0.15) is 76.2 Å². The summed E-state index contributed by atoms with van der Waals surface area (Å²) in [5.41, 5.74) is 2.68. The number of aromatic nitrogens is 4. The third kappa shape index (κ3) is 8.33. The Kier molecular flexibility index (Phi) is 10.7. The number of amides is 1. The van der Waals surface area contributed by atoms with Gasteiger partial charge in [0.05, 0.1) is 18.8 Å². The molecule has 0 aliphatic rings. The number of rotatable bonds is 14. The number of nitrogens with zero attached hydrogens (tertiary/aromatic N) is 4. The van der Waals surface area contributed by atoms with Crippen LogP contribution >= 0.6 is 0 Å². The number of imidazole rings is 1. The smallest absolute Gasteiger partial charge is 0.305 e. The zero-order valence-corrected chi connectivity index (χ0v) is 25.0. The van der Waals surface area contributed by atoms with Gasteiger partial charge in [-0.1, -0.05) is 31.4 Å². The van der Waals surface area contributed by atoms with Gasteiger partial charge in [-0.2, -0.15) is 0 Å². The van der Waals surface area contributed by atoms with Crippen molar-refractivity contribution in [2.75, 3.05) is 12.4 Å². The van der Waals surface area contributed by atoms with Crippen molar-refractivity contribution in [2.45, 2.75) is 78.3 Å². The third-order valence-corrected chi connectivity index (χ3v) is 7.17. The summed E-state index contributed by atoms with van der Waals surface area (Å²) in [6, 6.07) is 10.4. The van der Waals surface area contributed by atoms with Crippen molar-refractivity contribution in [3.8, 4) is 11.3 Å². The number of halogens is 2. The summed E-state index contributed by atoms with van der Waals surface area (Å²) >= 11 is 0. The number of unbranched alkanes of at least 4 members (excludes halogenated alkanes) is 4. The van der Waals surface area contributed by atoms with Crippen molar-refractivity contribution in [3.05, 3.63) is 65.6 Å². The summed E-state index contributed by atoms with van der Waals surface area (Å²) in [7, 11) is 1.39. The molecule has 2 aromatic heterocycles. The monoisotopic (exact) mass is 592 g/mol. The molecule has 2 heterocycles. The van der Waals surface area contributed by atoms with E-state index in [2.05, 4.69) is 30.3 Å². The first-order valence-corrected chi connectivity index (χ1v) is 14.6. The summed E-state index contributed by atoms with van der Waals surface area (Å²) in [5.74, 6) is -0.565. The van der Waals surface area contributed by atoms with Crippen LogP contribution < -0.4 is 10.6 Å². The number of ether oxygens (including phenoxy) is 1. The van der Waals surface area contributed by atoms with Crippen LogP contribution in [0.15, 0.2) is 42.6 Å². The van der Waals surface area contributed by atoms with Gasteiger partial charge in [-0.05, 0) is 63.4 Å². The highest BCUT2D eigenvalue weighted by Crippen LogP contribution is 2.30. The fourth-order valence-electron chi connectivity index (χ4n) is 5.00. The second kappa shape index (κ2) is 14.7. The number of nitrogens with one attached hydrogen (secondary N) is 2. The molecule has 0 bridgehead atoms. The standard InChI is InChI=1S/C32H38F2N6O3/c1-20(2)40-21(3)37-31-25(33)16-23(17-27(31)40)30-26(34)19-36-32(39-30)38-24-14-12-22(13-15-24)18-35-28(41)10-8-6-5-7-9-11-29(42)43-4/h12-17,19-20H,5-11,18H2,1-4H3,(H,35,41)(H,36,38,39). The molecular weight excluding hydrogens is 554 g/mol. The van der Waals surface area contributed by atoms with Crippen molar-refractivity contribution in [1.82, 2.24) is 24.8 Å². The van der Waals surface area contributed by atoms with E-state index in [0.717, 1.165) is 43.9 Å². The summed E-state index contributed by atoms with van der Waals surface area (Å²) < 4.78 is 36.3. The van der Waals surface area contributed by atoms with E-state index >= 15 is 0 Å². The predicted octanol–water partition coefficient (Wildman–Crippen LogP) is 6.92. The maximum atomic E-state index is 15.0. The van der Waals surface area contributed by atoms with E-state index in [1.807, 2.05) is 49.6 Å². The van der Waals surface area contributed by atoms with Gasteiger partial charge >= 0.3 is 5.97 Å². The van der Waals surface area contributed by atoms with E-state index in [1.54, 1.807) is 6.07 Å². The molecule has 0 atom stereocenters. The van der Waals surface area contributed by atoms with E-state index in [4.69, 9.17) is 0 Å². The van der Waals surface area contributed by atoms with Crippen LogP contribution in [0.2, 0.25) is 0 Å². The molecular formula is C32H38F2N6O3. The molecule has 0 aliphatic carbocycles. The lowest BCUT2D eigenvalue weighted by Gasteiger charge is -2.12. The number of hydrogen-bond acceptors (Lipinski definition) is 7. The Morgan fingerprint density at radius 1 is 0.953 bits per heavy atom. The number of fused-ring (bicyclic) bond motifs is 1. The highest BCUT2D eigenvalue weighted by molar-refractivity contribution is 5.83. The molecule has 0 radical (unpaired) electrons. The van der Waals surface area contributed by atoms with E-state index in [1.165, 1.54) is 13.2 Å². The lowest BCUT2D eigenvalue weighted by molar-refractivity contribution is -0.140. The van der Waals surface area contributed by atoms with Gasteiger partial charge in [-0.3, -0.25) is 9.59 Å². The number of hydrogen-bond donors (Lipinski definition) is 2. The van der Waals surface area contributed by atoms with Gasteiger partial charge in [0, 0.05) is 36.7 Å². The maximum absolute atomic E-state index is 15.0. The second-order valence-electron chi connectivity index (χ2n) is 10.8. The molecule has 2 aromatic carbocycles. The molecule has 1 amide bonds. The largest absolute Gasteiger partial charge is 0.469 e. The van der Waals surface area contributed by atoms with Gasteiger partial charge in [-0.25, -0.2) is 23.7 Å². The molecule has 0 saturated heterocycles.